The average molecular weight is 352 g/mol. The van der Waals surface area contributed by atoms with Crippen LogP contribution in [0.25, 0.3) is 0 Å². The minimum absolute atomic E-state index is 0.0367. The number of nitrogens with one attached hydrogen (secondary N) is 1. The maximum absolute atomic E-state index is 14.4. The van der Waals surface area contributed by atoms with Gasteiger partial charge in [0.25, 0.3) is 5.91 Å². The molecule has 0 aromatic heterocycles. The molecule has 1 rings (SSSR count). The van der Waals surface area contributed by atoms with Crippen LogP contribution in [0.2, 0.25) is 0 Å². The van der Waals surface area contributed by atoms with Crippen LogP contribution in [0.4, 0.5) is 17.6 Å². The Labute approximate surface area is 137 Å². The van der Waals surface area contributed by atoms with Gasteiger partial charge in [-0.05, 0) is 12.8 Å². The SMILES string of the molecule is CCCNC(=O)C(F)(F)/C(=C\OC)C1=CN(CCC)C(=O)C1(F)F. The van der Waals surface area contributed by atoms with Gasteiger partial charge < -0.3 is 15.0 Å². The second-order valence-corrected chi connectivity index (χ2v) is 5.21. The molecule has 2 amide bonds. The first-order valence-corrected chi connectivity index (χ1v) is 7.45. The van der Waals surface area contributed by atoms with Gasteiger partial charge in [-0.2, -0.15) is 17.6 Å². The Morgan fingerprint density at radius 1 is 1.38 bits per heavy atom. The lowest BCUT2D eigenvalue weighted by Crippen LogP contribution is -2.44. The van der Waals surface area contributed by atoms with Crippen LogP contribution in [0.5, 0.6) is 0 Å². The largest absolute Gasteiger partial charge is 0.504 e. The molecule has 136 valence electrons. The predicted molar refractivity (Wildman–Crippen MR) is 78.4 cm³/mol. The van der Waals surface area contributed by atoms with E-state index in [1.54, 1.807) is 13.8 Å². The van der Waals surface area contributed by atoms with Crippen molar-refractivity contribution in [3.8, 4) is 0 Å². The second kappa shape index (κ2) is 7.67. The van der Waals surface area contributed by atoms with Crippen molar-refractivity contribution in [2.75, 3.05) is 20.2 Å². The second-order valence-electron chi connectivity index (χ2n) is 5.21. The van der Waals surface area contributed by atoms with Crippen molar-refractivity contribution in [1.29, 1.82) is 0 Å². The average Bonchev–Trinajstić information content (AvgIpc) is 2.74. The highest BCUT2D eigenvalue weighted by Crippen LogP contribution is 2.43. The quantitative estimate of drug-likeness (QED) is 0.539. The molecule has 9 heteroatoms. The highest BCUT2D eigenvalue weighted by Gasteiger charge is 2.58. The number of hydrogen-bond acceptors (Lipinski definition) is 3. The number of nitrogens with zero attached hydrogens (tertiary/aromatic N) is 1. The predicted octanol–water partition coefficient (Wildman–Crippen LogP) is 2.45. The molecule has 0 aromatic rings. The molecule has 1 aliphatic heterocycles. The molecular weight excluding hydrogens is 332 g/mol. The first kappa shape index (κ1) is 20.0. The number of amides is 2. The lowest BCUT2D eigenvalue weighted by molar-refractivity contribution is -0.147. The summed E-state index contributed by atoms with van der Waals surface area (Å²) >= 11 is 0. The molecule has 0 radical (unpaired) electrons. The monoisotopic (exact) mass is 352 g/mol. The van der Waals surface area contributed by atoms with Gasteiger partial charge in [-0.1, -0.05) is 13.8 Å². The van der Waals surface area contributed by atoms with Gasteiger partial charge in [0, 0.05) is 19.3 Å². The summed E-state index contributed by atoms with van der Waals surface area (Å²) in [5, 5.41) is 1.95. The van der Waals surface area contributed by atoms with Crippen LogP contribution in [0.15, 0.2) is 23.6 Å². The number of hydrogen-bond donors (Lipinski definition) is 1. The normalized spacial score (nSPS) is 17.8. The molecule has 0 aliphatic carbocycles. The van der Waals surface area contributed by atoms with Crippen LogP contribution in [0, 0.1) is 0 Å². The van der Waals surface area contributed by atoms with E-state index in [4.69, 9.17) is 0 Å². The molecule has 0 atom stereocenters. The molecule has 0 unspecified atom stereocenters. The molecule has 1 heterocycles. The van der Waals surface area contributed by atoms with Gasteiger partial charge in [0.15, 0.2) is 0 Å². The highest BCUT2D eigenvalue weighted by molar-refractivity contribution is 5.95. The summed E-state index contributed by atoms with van der Waals surface area (Å²) in [6.45, 7) is 3.21. The summed E-state index contributed by atoms with van der Waals surface area (Å²) in [5.74, 6) is -11.8. The third-order valence-electron chi connectivity index (χ3n) is 3.30. The van der Waals surface area contributed by atoms with Gasteiger partial charge in [0.1, 0.15) is 0 Å². The molecule has 0 saturated carbocycles. The van der Waals surface area contributed by atoms with E-state index >= 15 is 0 Å². The topological polar surface area (TPSA) is 58.6 Å². The Morgan fingerprint density at radius 2 is 2.00 bits per heavy atom. The number of alkyl halides is 4. The zero-order valence-corrected chi connectivity index (χ0v) is 13.7. The van der Waals surface area contributed by atoms with E-state index in [-0.39, 0.29) is 13.1 Å². The van der Waals surface area contributed by atoms with Crippen molar-refractivity contribution in [2.45, 2.75) is 38.5 Å². The number of halogens is 4. The fourth-order valence-electron chi connectivity index (χ4n) is 2.13. The molecule has 0 fully saturated rings. The van der Waals surface area contributed by atoms with Gasteiger partial charge in [0.05, 0.1) is 24.5 Å². The minimum atomic E-state index is -4.27. The molecule has 0 spiro atoms. The van der Waals surface area contributed by atoms with Crippen molar-refractivity contribution >= 4 is 11.8 Å². The lowest BCUT2D eigenvalue weighted by Gasteiger charge is -2.22. The molecule has 1 N–H and O–H groups in total. The summed E-state index contributed by atoms with van der Waals surface area (Å²) in [5.41, 5.74) is -2.57. The standard InChI is InChI=1S/C15H20F4N2O3/c1-4-6-20-12(22)14(16,17)11(9-24-3)10-8-21(7-5-2)13(23)15(10,18)19/h8-9H,4-7H2,1-3H3,(H,20,22)/b11-9-. The van der Waals surface area contributed by atoms with Crippen molar-refractivity contribution in [3.63, 3.8) is 0 Å². The number of carbonyl (C=O) groups is 2. The lowest BCUT2D eigenvalue weighted by atomic mass is 9.97. The summed E-state index contributed by atoms with van der Waals surface area (Å²) in [6.07, 6.45) is 1.78. The Bertz CT molecular complexity index is 559. The van der Waals surface area contributed by atoms with Crippen LogP contribution in [0.3, 0.4) is 0 Å². The summed E-state index contributed by atoms with van der Waals surface area (Å²) in [4.78, 5) is 24.0. The molecule has 0 bridgehead atoms. The van der Waals surface area contributed by atoms with Crippen molar-refractivity contribution in [3.05, 3.63) is 23.6 Å². The highest BCUT2D eigenvalue weighted by atomic mass is 19.3. The molecular formula is C15H20F4N2O3. The summed E-state index contributed by atoms with van der Waals surface area (Å²) < 4.78 is 61.5. The minimum Gasteiger partial charge on any atom is -0.504 e. The van der Waals surface area contributed by atoms with Crippen LogP contribution < -0.4 is 5.32 Å². The van der Waals surface area contributed by atoms with E-state index in [1.807, 2.05) is 5.32 Å². The Hall–Kier alpha value is -2.06. The molecule has 0 aromatic carbocycles. The number of rotatable bonds is 8. The van der Waals surface area contributed by atoms with Crippen LogP contribution in [-0.4, -0.2) is 48.8 Å². The Kier molecular flexibility index (Phi) is 6.39. The third-order valence-corrected chi connectivity index (χ3v) is 3.30. The van der Waals surface area contributed by atoms with Crippen LogP contribution in [0.1, 0.15) is 26.7 Å². The zero-order chi connectivity index (χ0) is 18.5. The van der Waals surface area contributed by atoms with Gasteiger partial charge in [0.2, 0.25) is 0 Å². The molecule has 1 aliphatic rings. The first-order valence-electron chi connectivity index (χ1n) is 7.45. The van der Waals surface area contributed by atoms with E-state index in [1.165, 1.54) is 0 Å². The van der Waals surface area contributed by atoms with Crippen molar-refractivity contribution < 1.29 is 31.9 Å². The number of methoxy groups -OCH3 is 1. The first-order chi connectivity index (χ1) is 11.1. The van der Waals surface area contributed by atoms with Gasteiger partial charge in [-0.15, -0.1) is 0 Å². The smallest absolute Gasteiger partial charge is 0.353 e. The maximum Gasteiger partial charge on any atom is 0.353 e. The number of carbonyl (C=O) groups excluding carboxylic acids is 2. The van der Waals surface area contributed by atoms with E-state index in [2.05, 4.69) is 4.74 Å². The number of ether oxygens (including phenoxy) is 1. The molecule has 5 nitrogen and oxygen atoms in total. The Morgan fingerprint density at radius 3 is 2.50 bits per heavy atom. The van der Waals surface area contributed by atoms with Crippen molar-refractivity contribution in [2.24, 2.45) is 0 Å². The van der Waals surface area contributed by atoms with Gasteiger partial charge >= 0.3 is 17.8 Å². The fourth-order valence-corrected chi connectivity index (χ4v) is 2.13. The van der Waals surface area contributed by atoms with E-state index in [9.17, 15) is 27.2 Å². The molecule has 24 heavy (non-hydrogen) atoms. The Balaban J connectivity index is 3.29. The maximum atomic E-state index is 14.4. The van der Waals surface area contributed by atoms with Gasteiger partial charge in [-0.25, -0.2) is 0 Å². The molecule has 0 saturated heterocycles. The van der Waals surface area contributed by atoms with Crippen LogP contribution in [-0.2, 0) is 14.3 Å². The summed E-state index contributed by atoms with van der Waals surface area (Å²) in [6, 6.07) is 0. The van der Waals surface area contributed by atoms with Crippen LogP contribution >= 0.6 is 0 Å². The zero-order valence-electron chi connectivity index (χ0n) is 13.7. The third kappa shape index (κ3) is 3.70. The summed E-state index contributed by atoms with van der Waals surface area (Å²) in [7, 11) is 0.985. The van der Waals surface area contributed by atoms with E-state index < -0.39 is 34.8 Å². The van der Waals surface area contributed by atoms with E-state index in [0.29, 0.717) is 30.2 Å². The van der Waals surface area contributed by atoms with Gasteiger partial charge in [-0.3, -0.25) is 9.59 Å². The van der Waals surface area contributed by atoms with E-state index in [0.717, 1.165) is 7.11 Å². The fraction of sp³-hybridized carbons (Fsp3) is 0.600. The van der Waals surface area contributed by atoms with Crippen molar-refractivity contribution in [1.82, 2.24) is 10.2 Å².